The lowest BCUT2D eigenvalue weighted by Crippen LogP contribution is -2.50. The van der Waals surface area contributed by atoms with E-state index in [2.05, 4.69) is 0 Å². The predicted molar refractivity (Wildman–Crippen MR) is 71.3 cm³/mol. The van der Waals surface area contributed by atoms with Gasteiger partial charge in [-0.25, -0.2) is 4.39 Å². The Hall–Kier alpha value is -1.42. The minimum atomic E-state index is -0.809. The van der Waals surface area contributed by atoms with Crippen molar-refractivity contribution < 1.29 is 14.3 Å². The third kappa shape index (κ3) is 2.63. The molecule has 0 amide bonds. The van der Waals surface area contributed by atoms with Gasteiger partial charge in [-0.05, 0) is 31.9 Å². The molecule has 1 atom stereocenters. The van der Waals surface area contributed by atoms with Crippen LogP contribution < -0.4 is 0 Å². The molecule has 0 saturated carbocycles. The van der Waals surface area contributed by atoms with Crippen LogP contribution in [0.4, 0.5) is 4.39 Å². The van der Waals surface area contributed by atoms with E-state index in [9.17, 15) is 14.3 Å². The third-order valence-electron chi connectivity index (χ3n) is 4.00. The molecule has 1 aromatic carbocycles. The van der Waals surface area contributed by atoms with Crippen molar-refractivity contribution >= 4 is 5.97 Å². The number of benzene rings is 1. The van der Waals surface area contributed by atoms with Crippen molar-refractivity contribution in [2.45, 2.75) is 44.7 Å². The van der Waals surface area contributed by atoms with Gasteiger partial charge in [0.2, 0.25) is 0 Å². The van der Waals surface area contributed by atoms with Crippen LogP contribution in [0.25, 0.3) is 0 Å². The summed E-state index contributed by atoms with van der Waals surface area (Å²) in [6, 6.07) is 6.59. The largest absolute Gasteiger partial charge is 0.480 e. The first-order valence-electron chi connectivity index (χ1n) is 6.82. The molecule has 0 spiro atoms. The van der Waals surface area contributed by atoms with E-state index in [4.69, 9.17) is 0 Å². The standard InChI is InChI=1S/C15H20FNO2/c1-2-8-15(14(18)19)9-5-10-17(15)11-12-6-3-4-7-13(12)16/h3-4,6-7H,2,5,8-11H2,1H3,(H,18,19). The number of carboxylic acids is 1. The highest BCUT2D eigenvalue weighted by Crippen LogP contribution is 2.35. The van der Waals surface area contributed by atoms with E-state index in [1.165, 1.54) is 6.07 Å². The van der Waals surface area contributed by atoms with E-state index < -0.39 is 11.5 Å². The number of likely N-dealkylation sites (tertiary alicyclic amines) is 1. The lowest BCUT2D eigenvalue weighted by Gasteiger charge is -2.34. The molecule has 1 saturated heterocycles. The molecule has 0 aromatic heterocycles. The smallest absolute Gasteiger partial charge is 0.324 e. The maximum atomic E-state index is 13.7. The summed E-state index contributed by atoms with van der Waals surface area (Å²) in [5.41, 5.74) is -0.233. The summed E-state index contributed by atoms with van der Waals surface area (Å²) in [4.78, 5) is 13.6. The van der Waals surface area contributed by atoms with Crippen LogP contribution in [0.5, 0.6) is 0 Å². The van der Waals surface area contributed by atoms with E-state index in [1.54, 1.807) is 18.2 Å². The zero-order valence-electron chi connectivity index (χ0n) is 11.2. The van der Waals surface area contributed by atoms with Crippen molar-refractivity contribution in [3.8, 4) is 0 Å². The SMILES string of the molecule is CCCC1(C(=O)O)CCCN1Cc1ccccc1F. The van der Waals surface area contributed by atoms with E-state index in [0.717, 1.165) is 19.4 Å². The maximum absolute atomic E-state index is 13.7. The number of carboxylic acid groups (broad SMARTS) is 1. The molecular formula is C15H20FNO2. The van der Waals surface area contributed by atoms with Crippen LogP contribution in [-0.4, -0.2) is 28.1 Å². The number of halogens is 1. The molecule has 4 heteroatoms. The summed E-state index contributed by atoms with van der Waals surface area (Å²) in [7, 11) is 0. The molecule has 3 nitrogen and oxygen atoms in total. The summed E-state index contributed by atoms with van der Waals surface area (Å²) in [5, 5.41) is 9.58. The van der Waals surface area contributed by atoms with Gasteiger partial charge >= 0.3 is 5.97 Å². The topological polar surface area (TPSA) is 40.5 Å². The molecule has 0 aliphatic carbocycles. The monoisotopic (exact) mass is 265 g/mol. The van der Waals surface area contributed by atoms with Crippen molar-refractivity contribution in [1.29, 1.82) is 0 Å². The highest BCUT2D eigenvalue weighted by molar-refractivity contribution is 5.79. The van der Waals surface area contributed by atoms with Gasteiger partial charge in [0, 0.05) is 12.1 Å². The van der Waals surface area contributed by atoms with Crippen LogP contribution in [0, 0.1) is 5.82 Å². The molecule has 1 unspecified atom stereocenters. The summed E-state index contributed by atoms with van der Waals surface area (Å²) < 4.78 is 13.7. The lowest BCUT2D eigenvalue weighted by molar-refractivity contribution is -0.150. The number of aliphatic carboxylic acids is 1. The van der Waals surface area contributed by atoms with Gasteiger partial charge in [-0.1, -0.05) is 31.5 Å². The van der Waals surface area contributed by atoms with Crippen LogP contribution in [0.1, 0.15) is 38.2 Å². The molecule has 19 heavy (non-hydrogen) atoms. The van der Waals surface area contributed by atoms with Gasteiger partial charge in [-0.3, -0.25) is 9.69 Å². The normalized spacial score (nSPS) is 23.7. The molecular weight excluding hydrogens is 245 g/mol. The minimum absolute atomic E-state index is 0.259. The Morgan fingerprint density at radius 3 is 2.84 bits per heavy atom. The van der Waals surface area contributed by atoms with Crippen molar-refractivity contribution in [1.82, 2.24) is 4.90 Å². The van der Waals surface area contributed by atoms with Gasteiger partial charge in [-0.2, -0.15) is 0 Å². The first-order valence-corrected chi connectivity index (χ1v) is 6.82. The number of hydrogen-bond donors (Lipinski definition) is 1. The molecule has 1 aromatic rings. The Bertz CT molecular complexity index is 463. The van der Waals surface area contributed by atoms with Gasteiger partial charge in [-0.15, -0.1) is 0 Å². The summed E-state index contributed by atoms with van der Waals surface area (Å²) in [6.07, 6.45) is 2.96. The number of hydrogen-bond acceptors (Lipinski definition) is 2. The van der Waals surface area contributed by atoms with Crippen LogP contribution >= 0.6 is 0 Å². The Morgan fingerprint density at radius 1 is 1.47 bits per heavy atom. The highest BCUT2D eigenvalue weighted by atomic mass is 19.1. The average molecular weight is 265 g/mol. The van der Waals surface area contributed by atoms with Crippen molar-refractivity contribution in [2.75, 3.05) is 6.54 Å². The zero-order chi connectivity index (χ0) is 13.9. The van der Waals surface area contributed by atoms with Gasteiger partial charge in [0.1, 0.15) is 11.4 Å². The predicted octanol–water partition coefficient (Wildman–Crippen LogP) is 3.05. The third-order valence-corrected chi connectivity index (χ3v) is 4.00. The zero-order valence-corrected chi connectivity index (χ0v) is 11.2. The van der Waals surface area contributed by atoms with E-state index >= 15 is 0 Å². The molecule has 0 bridgehead atoms. The second-order valence-corrected chi connectivity index (χ2v) is 5.20. The van der Waals surface area contributed by atoms with Crippen molar-refractivity contribution in [3.63, 3.8) is 0 Å². The molecule has 2 rings (SSSR count). The van der Waals surface area contributed by atoms with E-state index in [-0.39, 0.29) is 5.82 Å². The Morgan fingerprint density at radius 2 is 2.21 bits per heavy atom. The van der Waals surface area contributed by atoms with Crippen LogP contribution in [0.3, 0.4) is 0 Å². The number of rotatable bonds is 5. The van der Waals surface area contributed by atoms with Crippen molar-refractivity contribution in [2.24, 2.45) is 0 Å². The van der Waals surface area contributed by atoms with Crippen molar-refractivity contribution in [3.05, 3.63) is 35.6 Å². The second kappa shape index (κ2) is 5.70. The Balaban J connectivity index is 2.23. The summed E-state index contributed by atoms with van der Waals surface area (Å²) in [6.45, 7) is 3.09. The first-order chi connectivity index (χ1) is 9.10. The van der Waals surface area contributed by atoms with Gasteiger partial charge in [0.05, 0.1) is 0 Å². The summed E-state index contributed by atoms with van der Waals surface area (Å²) >= 11 is 0. The van der Waals surface area contributed by atoms with Gasteiger partial charge < -0.3 is 5.11 Å². The molecule has 1 heterocycles. The number of nitrogens with zero attached hydrogens (tertiary/aromatic N) is 1. The molecule has 0 radical (unpaired) electrons. The Labute approximate surface area is 113 Å². The fourth-order valence-electron chi connectivity index (χ4n) is 3.04. The Kier molecular flexibility index (Phi) is 4.20. The minimum Gasteiger partial charge on any atom is -0.480 e. The number of carbonyl (C=O) groups is 1. The molecule has 1 aliphatic rings. The van der Waals surface area contributed by atoms with Crippen LogP contribution in [0.15, 0.2) is 24.3 Å². The van der Waals surface area contributed by atoms with Crippen LogP contribution in [-0.2, 0) is 11.3 Å². The van der Waals surface area contributed by atoms with E-state index in [0.29, 0.717) is 24.9 Å². The average Bonchev–Trinajstić information content (AvgIpc) is 2.77. The van der Waals surface area contributed by atoms with Gasteiger partial charge in [0.15, 0.2) is 0 Å². The molecule has 1 N–H and O–H groups in total. The van der Waals surface area contributed by atoms with Gasteiger partial charge in [0.25, 0.3) is 0 Å². The summed E-state index contributed by atoms with van der Waals surface area (Å²) in [5.74, 6) is -1.03. The first kappa shape index (κ1) is 14.0. The molecule has 1 aliphatic heterocycles. The highest BCUT2D eigenvalue weighted by Gasteiger charge is 2.46. The fourth-order valence-corrected chi connectivity index (χ4v) is 3.04. The maximum Gasteiger partial charge on any atom is 0.324 e. The van der Waals surface area contributed by atoms with E-state index in [1.807, 2.05) is 11.8 Å². The quantitative estimate of drug-likeness (QED) is 0.889. The second-order valence-electron chi connectivity index (χ2n) is 5.20. The molecule has 104 valence electrons. The van der Waals surface area contributed by atoms with Crippen LogP contribution in [0.2, 0.25) is 0 Å². The fraction of sp³-hybridized carbons (Fsp3) is 0.533. The molecule has 1 fully saturated rings. The lowest BCUT2D eigenvalue weighted by atomic mass is 9.90.